The van der Waals surface area contributed by atoms with Crippen LogP contribution in [0.5, 0.6) is 0 Å². The smallest absolute Gasteiger partial charge is 0.243 e. The molecule has 3 rings (SSSR count). The predicted octanol–water partition coefficient (Wildman–Crippen LogP) is 3.39. The van der Waals surface area contributed by atoms with Gasteiger partial charge in [0.2, 0.25) is 15.9 Å². The van der Waals surface area contributed by atoms with Gasteiger partial charge in [-0.2, -0.15) is 4.31 Å². The number of carbonyl (C=O) groups is 1. The number of carbonyl (C=O) groups excluding carboxylic acids is 1. The van der Waals surface area contributed by atoms with Crippen LogP contribution in [0.2, 0.25) is 5.02 Å². The summed E-state index contributed by atoms with van der Waals surface area (Å²) in [6, 6.07) is 6.25. The van der Waals surface area contributed by atoms with Crippen molar-refractivity contribution in [1.82, 2.24) is 9.21 Å². The summed E-state index contributed by atoms with van der Waals surface area (Å²) in [6.07, 6.45) is 4.60. The number of piperidine rings is 1. The van der Waals surface area contributed by atoms with Gasteiger partial charge in [-0.15, -0.1) is 0 Å². The molecule has 1 heterocycles. The number of nitrogens with zero attached hydrogens (tertiary/aromatic N) is 2. The summed E-state index contributed by atoms with van der Waals surface area (Å²) in [5.74, 6) is 0.829. The number of hydrogen-bond acceptors (Lipinski definition) is 3. The topological polar surface area (TPSA) is 57.7 Å². The normalized spacial score (nSPS) is 19.5. The molecule has 1 amide bonds. The Bertz CT molecular complexity index is 724. The van der Waals surface area contributed by atoms with Crippen molar-refractivity contribution in [3.63, 3.8) is 0 Å². The van der Waals surface area contributed by atoms with Crippen LogP contribution in [0.3, 0.4) is 0 Å². The van der Waals surface area contributed by atoms with E-state index < -0.39 is 10.0 Å². The van der Waals surface area contributed by atoms with Gasteiger partial charge >= 0.3 is 0 Å². The van der Waals surface area contributed by atoms with Gasteiger partial charge in [-0.05, 0) is 62.3 Å². The van der Waals surface area contributed by atoms with Crippen molar-refractivity contribution in [2.45, 2.75) is 43.9 Å². The van der Waals surface area contributed by atoms with Gasteiger partial charge in [0.1, 0.15) is 0 Å². The molecule has 0 radical (unpaired) electrons. The fourth-order valence-electron chi connectivity index (χ4n) is 3.53. The third-order valence-electron chi connectivity index (χ3n) is 5.24. The Balaban J connectivity index is 1.60. The minimum atomic E-state index is -3.52. The fraction of sp³-hybridized carbons (Fsp3) is 0.632. The fourth-order valence-corrected chi connectivity index (χ4v) is 5.13. The van der Waals surface area contributed by atoms with Gasteiger partial charge in [0.05, 0.1) is 4.90 Å². The first-order valence-electron chi connectivity index (χ1n) is 9.46. The van der Waals surface area contributed by atoms with E-state index in [4.69, 9.17) is 11.6 Å². The van der Waals surface area contributed by atoms with Crippen molar-refractivity contribution >= 4 is 27.5 Å². The summed E-state index contributed by atoms with van der Waals surface area (Å²) in [5, 5.41) is 0.514. The second-order valence-corrected chi connectivity index (χ2v) is 9.73. The van der Waals surface area contributed by atoms with Crippen LogP contribution < -0.4 is 0 Å². The molecule has 1 aliphatic heterocycles. The Kier molecular flexibility index (Phi) is 6.25. The van der Waals surface area contributed by atoms with Gasteiger partial charge in [0, 0.05) is 37.1 Å². The molecule has 0 bridgehead atoms. The minimum Gasteiger partial charge on any atom is -0.342 e. The quantitative estimate of drug-likeness (QED) is 0.707. The van der Waals surface area contributed by atoms with Crippen LogP contribution in [0.4, 0.5) is 0 Å². The maximum absolute atomic E-state index is 12.9. The molecule has 1 aromatic carbocycles. The Morgan fingerprint density at radius 3 is 2.31 bits per heavy atom. The van der Waals surface area contributed by atoms with Gasteiger partial charge in [-0.1, -0.05) is 18.5 Å². The SMILES string of the molecule is CCCN(CC1CC1)C(=O)C1CCN(S(=O)(=O)c2ccc(Cl)cc2)CC1. The van der Waals surface area contributed by atoms with Crippen molar-refractivity contribution in [2.24, 2.45) is 11.8 Å². The second-order valence-electron chi connectivity index (χ2n) is 7.36. The summed E-state index contributed by atoms with van der Waals surface area (Å²) in [5.41, 5.74) is 0. The molecule has 0 spiro atoms. The molecule has 1 saturated carbocycles. The lowest BCUT2D eigenvalue weighted by Crippen LogP contribution is -2.45. The van der Waals surface area contributed by atoms with Gasteiger partial charge in [-0.3, -0.25) is 4.79 Å². The van der Waals surface area contributed by atoms with E-state index in [0.717, 1.165) is 19.5 Å². The van der Waals surface area contributed by atoms with Crippen LogP contribution in [0.25, 0.3) is 0 Å². The number of sulfonamides is 1. The van der Waals surface area contributed by atoms with Crippen LogP contribution in [0, 0.1) is 11.8 Å². The van der Waals surface area contributed by atoms with Gasteiger partial charge in [-0.25, -0.2) is 8.42 Å². The van der Waals surface area contributed by atoms with Gasteiger partial charge in [0.25, 0.3) is 0 Å². The molecule has 7 heteroatoms. The number of rotatable bonds is 7. The van der Waals surface area contributed by atoms with E-state index in [1.807, 2.05) is 4.90 Å². The highest BCUT2D eigenvalue weighted by Crippen LogP contribution is 2.31. The molecule has 0 aromatic heterocycles. The molecule has 0 atom stereocenters. The van der Waals surface area contributed by atoms with Gasteiger partial charge in [0.15, 0.2) is 0 Å². The Hall–Kier alpha value is -1.11. The van der Waals surface area contributed by atoms with Crippen LogP contribution >= 0.6 is 11.6 Å². The Morgan fingerprint density at radius 2 is 1.77 bits per heavy atom. The van der Waals surface area contributed by atoms with Crippen molar-refractivity contribution < 1.29 is 13.2 Å². The van der Waals surface area contributed by atoms with E-state index in [9.17, 15) is 13.2 Å². The highest BCUT2D eigenvalue weighted by atomic mass is 35.5. The number of halogens is 1. The first kappa shape index (κ1) is 19.6. The lowest BCUT2D eigenvalue weighted by Gasteiger charge is -2.33. The minimum absolute atomic E-state index is 0.0584. The summed E-state index contributed by atoms with van der Waals surface area (Å²) < 4.78 is 27.0. The van der Waals surface area contributed by atoms with E-state index >= 15 is 0 Å². The number of hydrogen-bond donors (Lipinski definition) is 0. The summed E-state index contributed by atoms with van der Waals surface area (Å²) in [7, 11) is -3.52. The number of benzene rings is 1. The zero-order valence-electron chi connectivity index (χ0n) is 15.2. The van der Waals surface area contributed by atoms with E-state index in [1.54, 1.807) is 12.1 Å². The average Bonchev–Trinajstić information content (AvgIpc) is 3.45. The maximum atomic E-state index is 12.9. The van der Waals surface area contributed by atoms with Gasteiger partial charge < -0.3 is 4.90 Å². The van der Waals surface area contributed by atoms with Crippen molar-refractivity contribution in [3.8, 4) is 0 Å². The van der Waals surface area contributed by atoms with Crippen LogP contribution in [0.1, 0.15) is 39.0 Å². The summed E-state index contributed by atoms with van der Waals surface area (Å²) in [4.78, 5) is 15.1. The molecule has 1 aliphatic carbocycles. The van der Waals surface area contributed by atoms with E-state index in [1.165, 1.54) is 29.3 Å². The van der Waals surface area contributed by atoms with Crippen LogP contribution in [-0.2, 0) is 14.8 Å². The average molecular weight is 399 g/mol. The van der Waals surface area contributed by atoms with E-state index in [0.29, 0.717) is 36.9 Å². The molecule has 0 N–H and O–H groups in total. The molecule has 0 unspecified atom stereocenters. The maximum Gasteiger partial charge on any atom is 0.243 e. The largest absolute Gasteiger partial charge is 0.342 e. The summed E-state index contributed by atoms with van der Waals surface area (Å²) >= 11 is 5.85. The number of amides is 1. The van der Waals surface area contributed by atoms with E-state index in [-0.39, 0.29) is 16.7 Å². The molecule has 1 aromatic rings. The highest BCUT2D eigenvalue weighted by molar-refractivity contribution is 7.89. The first-order valence-corrected chi connectivity index (χ1v) is 11.3. The van der Waals surface area contributed by atoms with Crippen molar-refractivity contribution in [1.29, 1.82) is 0 Å². The monoisotopic (exact) mass is 398 g/mol. The van der Waals surface area contributed by atoms with Crippen molar-refractivity contribution in [2.75, 3.05) is 26.2 Å². The molecular formula is C19H27ClN2O3S. The zero-order chi connectivity index (χ0) is 18.7. The van der Waals surface area contributed by atoms with Crippen LogP contribution in [0.15, 0.2) is 29.2 Å². The summed E-state index contributed by atoms with van der Waals surface area (Å²) in [6.45, 7) is 4.55. The standard InChI is InChI=1S/C19H27ClN2O3S/c1-2-11-21(14-15-3-4-15)19(23)16-9-12-22(13-10-16)26(24,25)18-7-5-17(20)6-8-18/h5-8,15-16H,2-4,9-14H2,1H3. The third kappa shape index (κ3) is 4.59. The Morgan fingerprint density at radius 1 is 1.15 bits per heavy atom. The lowest BCUT2D eigenvalue weighted by atomic mass is 9.96. The van der Waals surface area contributed by atoms with Crippen LogP contribution in [-0.4, -0.2) is 49.7 Å². The zero-order valence-corrected chi connectivity index (χ0v) is 16.8. The lowest BCUT2D eigenvalue weighted by molar-refractivity contribution is -0.137. The molecule has 2 fully saturated rings. The van der Waals surface area contributed by atoms with E-state index in [2.05, 4.69) is 6.92 Å². The molecule has 26 heavy (non-hydrogen) atoms. The molecule has 5 nitrogen and oxygen atoms in total. The molecule has 144 valence electrons. The highest BCUT2D eigenvalue weighted by Gasteiger charge is 2.35. The molecule has 1 saturated heterocycles. The molecular weight excluding hydrogens is 372 g/mol. The first-order chi connectivity index (χ1) is 12.4. The second kappa shape index (κ2) is 8.28. The third-order valence-corrected chi connectivity index (χ3v) is 7.40. The molecule has 2 aliphatic rings. The predicted molar refractivity (Wildman–Crippen MR) is 103 cm³/mol. The Labute approximate surface area is 161 Å². The van der Waals surface area contributed by atoms with Crippen molar-refractivity contribution in [3.05, 3.63) is 29.3 Å².